The number of hydrogen-bond acceptors (Lipinski definition) is 10. The van der Waals surface area contributed by atoms with E-state index < -0.39 is 16.4 Å². The molecule has 0 fully saturated rings. The molecule has 2 heterocycles. The number of halogens is 2. The third kappa shape index (κ3) is 9.75. The van der Waals surface area contributed by atoms with Crippen LogP contribution in [0.1, 0.15) is 37.0 Å². The Morgan fingerprint density at radius 1 is 1.00 bits per heavy atom. The molecule has 0 radical (unpaired) electrons. The van der Waals surface area contributed by atoms with Gasteiger partial charge in [-0.2, -0.15) is 0 Å². The summed E-state index contributed by atoms with van der Waals surface area (Å²) in [4.78, 5) is 20.5. The molecule has 3 aromatic carbocycles. The van der Waals surface area contributed by atoms with E-state index in [0.717, 1.165) is 0 Å². The average molecular weight is 696 g/mol. The number of sulfone groups is 1. The van der Waals surface area contributed by atoms with Gasteiger partial charge in [-0.15, -0.1) is 0 Å². The molecule has 0 saturated carbocycles. The number of aryl methyl sites for hydroxylation is 1. The predicted octanol–water partition coefficient (Wildman–Crippen LogP) is 7.09. The van der Waals surface area contributed by atoms with E-state index in [1.165, 1.54) is 24.7 Å². The van der Waals surface area contributed by atoms with E-state index in [9.17, 15) is 17.6 Å². The number of aromatic nitrogens is 2. The van der Waals surface area contributed by atoms with Crippen LogP contribution in [0.25, 0.3) is 22.2 Å². The first-order valence-electron chi connectivity index (χ1n) is 15.3. The van der Waals surface area contributed by atoms with E-state index in [4.69, 9.17) is 30.6 Å². The number of hydrogen-bond donors (Lipinski definition) is 2. The fourth-order valence-electron chi connectivity index (χ4n) is 4.97. The topological polar surface area (TPSA) is 141 Å². The van der Waals surface area contributed by atoms with Crippen molar-refractivity contribution in [1.29, 1.82) is 0 Å². The first-order chi connectivity index (χ1) is 23.1. The van der Waals surface area contributed by atoms with Crippen molar-refractivity contribution in [1.82, 2.24) is 9.97 Å². The Balaban J connectivity index is 1.38. The number of rotatable bonds is 17. The molecule has 0 aliphatic heterocycles. The molecule has 0 saturated heterocycles. The second-order valence-electron chi connectivity index (χ2n) is 11.3. The summed E-state index contributed by atoms with van der Waals surface area (Å²) in [6.07, 6.45) is 5.00. The van der Waals surface area contributed by atoms with Crippen LogP contribution >= 0.6 is 11.6 Å². The average Bonchev–Trinajstić information content (AvgIpc) is 3.53. The summed E-state index contributed by atoms with van der Waals surface area (Å²) in [5.74, 6) is 2.18. The van der Waals surface area contributed by atoms with Crippen LogP contribution < -0.4 is 14.8 Å². The lowest BCUT2D eigenvalue weighted by atomic mass is 10.1. The summed E-state index contributed by atoms with van der Waals surface area (Å²) in [6.45, 7) is -0.129. The largest absolute Gasteiger partial charge is 0.493 e. The molecule has 0 aliphatic rings. The van der Waals surface area contributed by atoms with Crippen LogP contribution in [-0.2, 0) is 27.7 Å². The summed E-state index contributed by atoms with van der Waals surface area (Å²) in [6, 6.07) is 18.7. The third-order valence-corrected chi connectivity index (χ3v) is 8.69. The number of carbonyl (C=O) groups is 1. The van der Waals surface area contributed by atoms with Gasteiger partial charge in [-0.05, 0) is 73.4 Å². The standard InChI is InChI=1S/C35H35ClFN3O7S/c1-48(43,44)15-3-2-9-27-11-13-32(47-27)29-18-28-31(19-34(29)45-14-5-8-26(42)20-41)38-22-39-35(28)40-25-10-12-33(30(36)17-25)46-21-23-6-4-7-24(37)16-23/h4,6-7,10-13,16-19,22,41H,2-3,5,8-9,14-15,20-21H2,1H3,(H,38,39,40). The molecule has 5 rings (SSSR count). The number of carbonyl (C=O) groups excluding carboxylic acids is 1. The Hall–Kier alpha value is -4.52. The van der Waals surface area contributed by atoms with Gasteiger partial charge >= 0.3 is 0 Å². The summed E-state index contributed by atoms with van der Waals surface area (Å²) < 4.78 is 54.6. The molecule has 0 amide bonds. The number of ether oxygens (including phenoxy) is 2. The minimum Gasteiger partial charge on any atom is -0.493 e. The van der Waals surface area contributed by atoms with Crippen LogP contribution in [-0.4, -0.2) is 54.5 Å². The second kappa shape index (κ2) is 16.1. The molecule has 2 N–H and O–H groups in total. The van der Waals surface area contributed by atoms with Crippen LogP contribution in [0.2, 0.25) is 5.02 Å². The number of furan rings is 1. The number of ketones is 1. The van der Waals surface area contributed by atoms with Crippen molar-refractivity contribution in [3.05, 3.63) is 95.2 Å². The molecule has 0 atom stereocenters. The van der Waals surface area contributed by atoms with Crippen molar-refractivity contribution in [2.45, 2.75) is 38.7 Å². The zero-order chi connectivity index (χ0) is 34.1. The van der Waals surface area contributed by atoms with Crippen LogP contribution in [0, 0.1) is 5.82 Å². The van der Waals surface area contributed by atoms with E-state index >= 15 is 0 Å². The number of Topliss-reactive ketones (excluding diaryl/α,β-unsaturated/α-hetero) is 1. The molecule has 13 heteroatoms. The molecule has 0 spiro atoms. The molecule has 0 unspecified atom stereocenters. The number of nitrogens with one attached hydrogen (secondary N) is 1. The molecule has 10 nitrogen and oxygen atoms in total. The first kappa shape index (κ1) is 34.8. The summed E-state index contributed by atoms with van der Waals surface area (Å²) in [5, 5.41) is 13.4. The smallest absolute Gasteiger partial charge is 0.158 e. The Morgan fingerprint density at radius 2 is 1.85 bits per heavy atom. The first-order valence-corrected chi connectivity index (χ1v) is 17.8. The number of nitrogens with zero attached hydrogens (tertiary/aromatic N) is 2. The van der Waals surface area contributed by atoms with Crippen molar-refractivity contribution < 1.29 is 36.6 Å². The molecular weight excluding hydrogens is 661 g/mol. The van der Waals surface area contributed by atoms with Gasteiger partial charge in [0.2, 0.25) is 0 Å². The summed E-state index contributed by atoms with van der Waals surface area (Å²) in [5.41, 5.74) is 2.54. The van der Waals surface area contributed by atoms with Gasteiger partial charge in [-0.1, -0.05) is 23.7 Å². The number of benzene rings is 3. The number of aliphatic hydroxyl groups excluding tert-OH is 1. The van der Waals surface area contributed by atoms with Crippen molar-refractivity contribution in [3.63, 3.8) is 0 Å². The Kier molecular flexibility index (Phi) is 11.6. The van der Waals surface area contributed by atoms with Gasteiger partial charge in [-0.25, -0.2) is 22.8 Å². The second-order valence-corrected chi connectivity index (χ2v) is 13.9. The zero-order valence-electron chi connectivity index (χ0n) is 26.2. The fraction of sp³-hybridized carbons (Fsp3) is 0.286. The zero-order valence-corrected chi connectivity index (χ0v) is 27.8. The summed E-state index contributed by atoms with van der Waals surface area (Å²) in [7, 11) is -3.03. The maximum atomic E-state index is 13.5. The highest BCUT2D eigenvalue weighted by Crippen LogP contribution is 2.38. The Morgan fingerprint density at radius 3 is 2.62 bits per heavy atom. The van der Waals surface area contributed by atoms with E-state index in [2.05, 4.69) is 15.3 Å². The van der Waals surface area contributed by atoms with Gasteiger partial charge in [0.25, 0.3) is 0 Å². The maximum absolute atomic E-state index is 13.5. The van der Waals surface area contributed by atoms with Gasteiger partial charge in [0.15, 0.2) is 5.78 Å². The Labute approximate surface area is 282 Å². The molecular formula is C35H35ClFN3O7S. The van der Waals surface area contributed by atoms with E-state index in [1.807, 2.05) is 18.2 Å². The van der Waals surface area contributed by atoms with Crippen molar-refractivity contribution in [2.24, 2.45) is 0 Å². The maximum Gasteiger partial charge on any atom is 0.158 e. The lowest BCUT2D eigenvalue weighted by molar-refractivity contribution is -0.121. The molecule has 0 aliphatic carbocycles. The SMILES string of the molecule is CS(=O)(=O)CCCCc1ccc(-c2cc3c(Nc4ccc(OCc5cccc(F)c5)c(Cl)c4)ncnc3cc2OCCCC(=O)CO)o1. The van der Waals surface area contributed by atoms with Crippen LogP contribution in [0.3, 0.4) is 0 Å². The van der Waals surface area contributed by atoms with Crippen LogP contribution in [0.15, 0.2) is 77.5 Å². The van der Waals surface area contributed by atoms with Crippen molar-refractivity contribution >= 4 is 49.6 Å². The quantitative estimate of drug-likeness (QED) is 0.0969. The normalized spacial score (nSPS) is 11.5. The molecule has 48 heavy (non-hydrogen) atoms. The number of anilines is 2. The number of unbranched alkanes of at least 4 members (excludes halogenated alkanes) is 1. The van der Waals surface area contributed by atoms with E-state index in [1.54, 1.807) is 36.4 Å². The van der Waals surface area contributed by atoms with Crippen molar-refractivity contribution in [2.75, 3.05) is 30.5 Å². The van der Waals surface area contributed by atoms with Gasteiger partial charge in [0.1, 0.15) is 64.0 Å². The summed E-state index contributed by atoms with van der Waals surface area (Å²) >= 11 is 6.53. The minimum absolute atomic E-state index is 0.119. The Bertz CT molecular complexity index is 2000. The highest BCUT2D eigenvalue weighted by Gasteiger charge is 2.17. The number of aliphatic hydroxyl groups is 1. The van der Waals surface area contributed by atoms with Gasteiger partial charge < -0.3 is 24.3 Å². The van der Waals surface area contributed by atoms with Gasteiger partial charge in [0.05, 0.1) is 22.7 Å². The van der Waals surface area contributed by atoms with Gasteiger partial charge in [-0.3, -0.25) is 4.79 Å². The fourth-order valence-corrected chi connectivity index (χ4v) is 5.93. The lowest BCUT2D eigenvalue weighted by Gasteiger charge is -2.14. The van der Waals surface area contributed by atoms with Crippen LogP contribution in [0.4, 0.5) is 15.9 Å². The predicted molar refractivity (Wildman–Crippen MR) is 182 cm³/mol. The van der Waals surface area contributed by atoms with Crippen LogP contribution in [0.5, 0.6) is 11.5 Å². The minimum atomic E-state index is -3.03. The molecule has 5 aromatic rings. The molecule has 2 aromatic heterocycles. The van der Waals surface area contributed by atoms with E-state index in [-0.39, 0.29) is 37.0 Å². The third-order valence-electron chi connectivity index (χ3n) is 7.36. The lowest BCUT2D eigenvalue weighted by Crippen LogP contribution is -2.07. The van der Waals surface area contributed by atoms with Crippen molar-refractivity contribution in [3.8, 4) is 22.8 Å². The monoisotopic (exact) mass is 695 g/mol. The highest BCUT2D eigenvalue weighted by molar-refractivity contribution is 7.90. The molecule has 252 valence electrons. The molecule has 0 bridgehead atoms. The van der Waals surface area contributed by atoms with Gasteiger partial charge in [0, 0.05) is 42.0 Å². The number of fused-ring (bicyclic) bond motifs is 1. The van der Waals surface area contributed by atoms with E-state index in [0.29, 0.717) is 87.3 Å². The highest BCUT2D eigenvalue weighted by atomic mass is 35.5.